The third kappa shape index (κ3) is 3.24. The maximum Gasteiger partial charge on any atom is 0.419 e. The van der Waals surface area contributed by atoms with Gasteiger partial charge in [-0.15, -0.1) is 0 Å². The Morgan fingerprint density at radius 1 is 1.35 bits per heavy atom. The number of aryl methyl sites for hydroxylation is 1. The summed E-state index contributed by atoms with van der Waals surface area (Å²) in [4.78, 5) is 5.21. The minimum Gasteiger partial charge on any atom is -0.482 e. The van der Waals surface area contributed by atoms with Gasteiger partial charge in [0.1, 0.15) is 18.0 Å². The van der Waals surface area contributed by atoms with Crippen molar-refractivity contribution in [3.05, 3.63) is 36.3 Å². The third-order valence-corrected chi connectivity index (χ3v) is 3.60. The molecule has 1 fully saturated rings. The standard InChI is InChI=1S/C14H15F3N4O2/c1-20-6-9(5-19-20)23-12-8-21(7-11(12)22)13-10(14(15,16)17)3-2-4-18-13/h2-6,11-12,22H,7-8H2,1H3/t11-,12-/m1/s1. The summed E-state index contributed by atoms with van der Waals surface area (Å²) < 4.78 is 46.4. The predicted molar refractivity (Wildman–Crippen MR) is 75.1 cm³/mol. The van der Waals surface area contributed by atoms with Gasteiger partial charge in [0.2, 0.25) is 0 Å². The lowest BCUT2D eigenvalue weighted by Gasteiger charge is -2.21. The van der Waals surface area contributed by atoms with Crippen LogP contribution in [0.4, 0.5) is 19.0 Å². The zero-order valence-corrected chi connectivity index (χ0v) is 12.2. The van der Waals surface area contributed by atoms with Crippen LogP contribution in [0.25, 0.3) is 0 Å². The molecule has 1 saturated heterocycles. The second-order valence-electron chi connectivity index (χ2n) is 5.35. The number of halogens is 3. The van der Waals surface area contributed by atoms with Crippen molar-refractivity contribution in [2.45, 2.75) is 18.4 Å². The van der Waals surface area contributed by atoms with Crippen LogP contribution < -0.4 is 9.64 Å². The topological polar surface area (TPSA) is 63.4 Å². The molecule has 0 unspecified atom stereocenters. The van der Waals surface area contributed by atoms with Gasteiger partial charge in [0.15, 0.2) is 5.75 Å². The van der Waals surface area contributed by atoms with E-state index in [1.165, 1.54) is 28.0 Å². The number of pyridine rings is 1. The molecule has 2 aromatic heterocycles. The van der Waals surface area contributed by atoms with Crippen LogP contribution in [0.1, 0.15) is 5.56 Å². The Hall–Kier alpha value is -2.29. The molecule has 1 aliphatic heterocycles. The fraction of sp³-hybridized carbons (Fsp3) is 0.429. The van der Waals surface area contributed by atoms with E-state index in [0.29, 0.717) is 5.75 Å². The van der Waals surface area contributed by atoms with Crippen molar-refractivity contribution in [2.24, 2.45) is 7.05 Å². The smallest absolute Gasteiger partial charge is 0.419 e. The summed E-state index contributed by atoms with van der Waals surface area (Å²) >= 11 is 0. The average molecular weight is 328 g/mol. The molecule has 0 radical (unpaired) electrons. The lowest BCUT2D eigenvalue weighted by molar-refractivity contribution is -0.137. The van der Waals surface area contributed by atoms with Crippen LogP contribution in [-0.2, 0) is 13.2 Å². The van der Waals surface area contributed by atoms with E-state index in [4.69, 9.17) is 4.74 Å². The van der Waals surface area contributed by atoms with E-state index in [2.05, 4.69) is 10.1 Å². The quantitative estimate of drug-likeness (QED) is 0.924. The number of aliphatic hydroxyl groups is 1. The fourth-order valence-corrected chi connectivity index (χ4v) is 2.55. The molecule has 0 aliphatic carbocycles. The van der Waals surface area contributed by atoms with E-state index >= 15 is 0 Å². The first kappa shape index (κ1) is 15.6. The zero-order chi connectivity index (χ0) is 16.6. The van der Waals surface area contributed by atoms with Gasteiger partial charge in [-0.3, -0.25) is 4.68 Å². The van der Waals surface area contributed by atoms with E-state index in [9.17, 15) is 18.3 Å². The molecule has 2 atom stereocenters. The van der Waals surface area contributed by atoms with E-state index in [1.54, 1.807) is 13.2 Å². The molecule has 23 heavy (non-hydrogen) atoms. The monoisotopic (exact) mass is 328 g/mol. The van der Waals surface area contributed by atoms with Crippen LogP contribution >= 0.6 is 0 Å². The molecule has 0 saturated carbocycles. The summed E-state index contributed by atoms with van der Waals surface area (Å²) in [6, 6.07) is 2.21. The van der Waals surface area contributed by atoms with Gasteiger partial charge in [-0.25, -0.2) is 4.98 Å². The Labute approximate surface area is 130 Å². The Kier molecular flexibility index (Phi) is 3.88. The van der Waals surface area contributed by atoms with Gasteiger partial charge in [0, 0.05) is 19.8 Å². The van der Waals surface area contributed by atoms with Crippen LogP contribution in [0.5, 0.6) is 5.75 Å². The summed E-state index contributed by atoms with van der Waals surface area (Å²) in [5.74, 6) is 0.256. The SMILES string of the molecule is Cn1cc(O[C@@H]2CN(c3ncccc3C(F)(F)F)C[C@H]2O)cn1. The van der Waals surface area contributed by atoms with Crippen LogP contribution in [-0.4, -0.2) is 45.2 Å². The summed E-state index contributed by atoms with van der Waals surface area (Å²) in [6.07, 6.45) is -1.67. The number of alkyl halides is 3. The number of anilines is 1. The van der Waals surface area contributed by atoms with Gasteiger partial charge >= 0.3 is 6.18 Å². The molecule has 0 spiro atoms. The van der Waals surface area contributed by atoms with Crippen LogP contribution in [0.2, 0.25) is 0 Å². The van der Waals surface area contributed by atoms with E-state index in [1.807, 2.05) is 0 Å². The Bertz CT molecular complexity index is 689. The lowest BCUT2D eigenvalue weighted by Crippen LogP contribution is -2.30. The van der Waals surface area contributed by atoms with Gasteiger partial charge in [0.05, 0.1) is 24.5 Å². The van der Waals surface area contributed by atoms with Crippen molar-refractivity contribution < 1.29 is 23.0 Å². The number of aliphatic hydroxyl groups excluding tert-OH is 1. The molecule has 1 aliphatic rings. The number of hydrogen-bond donors (Lipinski definition) is 1. The first-order chi connectivity index (χ1) is 10.8. The van der Waals surface area contributed by atoms with Gasteiger partial charge < -0.3 is 14.7 Å². The minimum absolute atomic E-state index is 0.0189. The predicted octanol–water partition coefficient (Wildman–Crippen LogP) is 1.46. The first-order valence-electron chi connectivity index (χ1n) is 6.95. The van der Waals surface area contributed by atoms with E-state index < -0.39 is 23.9 Å². The van der Waals surface area contributed by atoms with Crippen molar-refractivity contribution in [2.75, 3.05) is 18.0 Å². The normalized spacial score (nSPS) is 21.7. The molecule has 6 nitrogen and oxygen atoms in total. The second-order valence-corrected chi connectivity index (χ2v) is 5.35. The van der Waals surface area contributed by atoms with Gasteiger partial charge in [-0.2, -0.15) is 18.3 Å². The molecule has 0 bridgehead atoms. The number of rotatable bonds is 3. The van der Waals surface area contributed by atoms with Crippen molar-refractivity contribution in [1.29, 1.82) is 0 Å². The van der Waals surface area contributed by atoms with Crippen LogP contribution in [0.3, 0.4) is 0 Å². The summed E-state index contributed by atoms with van der Waals surface area (Å²) in [5, 5.41) is 14.0. The Balaban J connectivity index is 1.79. The molecule has 0 amide bonds. The highest BCUT2D eigenvalue weighted by Crippen LogP contribution is 2.36. The van der Waals surface area contributed by atoms with E-state index in [0.717, 1.165) is 6.07 Å². The van der Waals surface area contributed by atoms with Gasteiger partial charge in [-0.1, -0.05) is 0 Å². The summed E-state index contributed by atoms with van der Waals surface area (Å²) in [6.45, 7) is 0.126. The molecule has 9 heteroatoms. The maximum absolute atomic E-state index is 13.1. The van der Waals surface area contributed by atoms with Crippen molar-refractivity contribution in [3.8, 4) is 5.75 Å². The molecule has 3 heterocycles. The fourth-order valence-electron chi connectivity index (χ4n) is 2.55. The van der Waals surface area contributed by atoms with Crippen molar-refractivity contribution >= 4 is 5.82 Å². The highest BCUT2D eigenvalue weighted by atomic mass is 19.4. The highest BCUT2D eigenvalue weighted by Gasteiger charge is 2.40. The van der Waals surface area contributed by atoms with E-state index in [-0.39, 0.29) is 18.9 Å². The number of aromatic nitrogens is 3. The summed E-state index contributed by atoms with van der Waals surface area (Å²) in [7, 11) is 1.72. The van der Waals surface area contributed by atoms with Gasteiger partial charge in [-0.05, 0) is 12.1 Å². The maximum atomic E-state index is 13.1. The minimum atomic E-state index is -4.50. The molecule has 2 aromatic rings. The Morgan fingerprint density at radius 3 is 2.78 bits per heavy atom. The lowest BCUT2D eigenvalue weighted by atomic mass is 10.2. The largest absolute Gasteiger partial charge is 0.482 e. The summed E-state index contributed by atoms with van der Waals surface area (Å²) in [5.41, 5.74) is -0.825. The number of nitrogens with zero attached hydrogens (tertiary/aromatic N) is 4. The number of hydrogen-bond acceptors (Lipinski definition) is 5. The Morgan fingerprint density at radius 2 is 2.13 bits per heavy atom. The third-order valence-electron chi connectivity index (χ3n) is 3.60. The van der Waals surface area contributed by atoms with Crippen molar-refractivity contribution in [1.82, 2.24) is 14.8 Å². The molecular weight excluding hydrogens is 313 g/mol. The molecule has 1 N–H and O–H groups in total. The van der Waals surface area contributed by atoms with Crippen LogP contribution in [0.15, 0.2) is 30.7 Å². The molecule has 3 rings (SSSR count). The average Bonchev–Trinajstić information content (AvgIpc) is 3.05. The first-order valence-corrected chi connectivity index (χ1v) is 6.95. The number of β-amino-alcohol motifs (C(OH)–C–C–N with tert-alkyl or cyclic N) is 1. The van der Waals surface area contributed by atoms with Crippen molar-refractivity contribution in [3.63, 3.8) is 0 Å². The molecule has 124 valence electrons. The van der Waals surface area contributed by atoms with Crippen LogP contribution in [0, 0.1) is 0 Å². The zero-order valence-electron chi connectivity index (χ0n) is 12.2. The highest BCUT2D eigenvalue weighted by molar-refractivity contribution is 5.50. The molecular formula is C14H15F3N4O2. The molecule has 0 aromatic carbocycles. The second kappa shape index (κ2) is 5.73. The van der Waals surface area contributed by atoms with Gasteiger partial charge in [0.25, 0.3) is 0 Å². The number of ether oxygens (including phenoxy) is 1.